The maximum atomic E-state index is 12.1. The molecule has 3 aromatic heterocycles. The molecule has 0 unspecified atom stereocenters. The SMILES string of the molecule is O=C(NCc1noc([C@@H]2CCCO2)n1)c1cn2ccsc2n1. The molecular formula is C13H13N5O3S. The zero-order valence-electron chi connectivity index (χ0n) is 11.6. The molecule has 0 spiro atoms. The van der Waals surface area contributed by atoms with Crippen LogP contribution in [0.25, 0.3) is 4.96 Å². The molecule has 1 fully saturated rings. The fraction of sp³-hybridized carbons (Fsp3) is 0.385. The Morgan fingerprint density at radius 3 is 3.27 bits per heavy atom. The van der Waals surface area contributed by atoms with E-state index in [9.17, 15) is 4.79 Å². The van der Waals surface area contributed by atoms with Crippen molar-refractivity contribution in [2.45, 2.75) is 25.5 Å². The first-order valence-electron chi connectivity index (χ1n) is 6.94. The number of hydrogen-bond acceptors (Lipinski definition) is 7. The Hall–Kier alpha value is -2.26. The van der Waals surface area contributed by atoms with Gasteiger partial charge in [0.05, 0.1) is 6.54 Å². The van der Waals surface area contributed by atoms with E-state index in [2.05, 4.69) is 20.4 Å². The Morgan fingerprint density at radius 2 is 2.45 bits per heavy atom. The molecule has 0 aromatic carbocycles. The molecule has 1 atom stereocenters. The van der Waals surface area contributed by atoms with Gasteiger partial charge in [-0.2, -0.15) is 4.98 Å². The lowest BCUT2D eigenvalue weighted by atomic mass is 10.2. The maximum absolute atomic E-state index is 12.1. The summed E-state index contributed by atoms with van der Waals surface area (Å²) in [5, 5.41) is 8.50. The van der Waals surface area contributed by atoms with E-state index in [-0.39, 0.29) is 18.6 Å². The van der Waals surface area contributed by atoms with Gasteiger partial charge in [0, 0.05) is 24.4 Å². The van der Waals surface area contributed by atoms with E-state index in [4.69, 9.17) is 9.26 Å². The van der Waals surface area contributed by atoms with Gasteiger partial charge >= 0.3 is 0 Å². The van der Waals surface area contributed by atoms with Gasteiger partial charge in [-0.05, 0) is 12.8 Å². The van der Waals surface area contributed by atoms with Gasteiger partial charge in [-0.15, -0.1) is 11.3 Å². The minimum Gasteiger partial charge on any atom is -0.368 e. The van der Waals surface area contributed by atoms with Gasteiger partial charge in [0.25, 0.3) is 11.8 Å². The molecule has 0 radical (unpaired) electrons. The number of carbonyl (C=O) groups is 1. The molecule has 1 aliphatic heterocycles. The molecule has 1 saturated heterocycles. The van der Waals surface area contributed by atoms with E-state index >= 15 is 0 Å². The molecule has 0 saturated carbocycles. The summed E-state index contributed by atoms with van der Waals surface area (Å²) in [5.74, 6) is 0.642. The standard InChI is InChI=1S/C13H13N5O3S/c19-11(8-7-18-3-5-22-13(18)15-8)14-6-10-16-12(21-17-10)9-2-1-4-20-9/h3,5,7,9H,1-2,4,6H2,(H,14,19)/t9-/m0/s1. The molecule has 4 rings (SSSR count). The van der Waals surface area contributed by atoms with E-state index in [1.165, 1.54) is 11.3 Å². The van der Waals surface area contributed by atoms with E-state index in [0.717, 1.165) is 24.4 Å². The Kier molecular flexibility index (Phi) is 3.35. The van der Waals surface area contributed by atoms with Crippen LogP contribution >= 0.6 is 11.3 Å². The lowest BCUT2D eigenvalue weighted by molar-refractivity contribution is 0.0835. The number of nitrogens with one attached hydrogen (secondary N) is 1. The highest BCUT2D eigenvalue weighted by Gasteiger charge is 2.24. The first-order chi connectivity index (χ1) is 10.8. The Labute approximate surface area is 129 Å². The molecule has 8 nitrogen and oxygen atoms in total. The molecule has 0 aliphatic carbocycles. The first-order valence-corrected chi connectivity index (χ1v) is 7.82. The highest BCUT2D eigenvalue weighted by molar-refractivity contribution is 7.15. The average Bonchev–Trinajstić information content (AvgIpc) is 3.26. The van der Waals surface area contributed by atoms with Crippen LogP contribution in [0.4, 0.5) is 0 Å². The van der Waals surface area contributed by atoms with Crippen LogP contribution in [0.1, 0.15) is 41.1 Å². The number of imidazole rings is 1. The normalized spacial score (nSPS) is 18.1. The van der Waals surface area contributed by atoms with E-state index in [1.807, 2.05) is 16.0 Å². The van der Waals surface area contributed by atoms with Gasteiger partial charge in [-0.3, -0.25) is 9.20 Å². The van der Waals surface area contributed by atoms with Crippen molar-refractivity contribution in [3.63, 3.8) is 0 Å². The summed E-state index contributed by atoms with van der Waals surface area (Å²) >= 11 is 1.48. The van der Waals surface area contributed by atoms with E-state index in [1.54, 1.807) is 6.20 Å². The minimum atomic E-state index is -0.264. The molecule has 1 N–H and O–H groups in total. The lowest BCUT2D eigenvalue weighted by Gasteiger charge is -2.00. The lowest BCUT2D eigenvalue weighted by Crippen LogP contribution is -2.23. The van der Waals surface area contributed by atoms with Crippen molar-refractivity contribution < 1.29 is 14.1 Å². The highest BCUT2D eigenvalue weighted by Crippen LogP contribution is 2.26. The number of hydrogen-bond donors (Lipinski definition) is 1. The number of ether oxygens (including phenoxy) is 1. The summed E-state index contributed by atoms with van der Waals surface area (Å²) in [6, 6.07) is 0. The van der Waals surface area contributed by atoms with Gasteiger partial charge in [-0.25, -0.2) is 4.98 Å². The second-order valence-electron chi connectivity index (χ2n) is 4.95. The van der Waals surface area contributed by atoms with Crippen LogP contribution in [0.15, 0.2) is 22.3 Å². The summed E-state index contributed by atoms with van der Waals surface area (Å²) in [6.45, 7) is 0.913. The summed E-state index contributed by atoms with van der Waals surface area (Å²) in [5.41, 5.74) is 0.370. The third-order valence-corrected chi connectivity index (χ3v) is 4.19. The monoisotopic (exact) mass is 319 g/mol. The fourth-order valence-electron chi connectivity index (χ4n) is 2.33. The second kappa shape index (κ2) is 5.50. The quantitative estimate of drug-likeness (QED) is 0.784. The molecular weight excluding hydrogens is 306 g/mol. The summed E-state index contributed by atoms with van der Waals surface area (Å²) in [4.78, 5) is 21.3. The van der Waals surface area contributed by atoms with E-state index < -0.39 is 0 Å². The average molecular weight is 319 g/mol. The van der Waals surface area contributed by atoms with Crippen LogP contribution in [0.3, 0.4) is 0 Å². The van der Waals surface area contributed by atoms with Gasteiger partial charge in [0.15, 0.2) is 10.8 Å². The molecule has 114 valence electrons. The number of aromatic nitrogens is 4. The van der Waals surface area contributed by atoms with Crippen molar-refractivity contribution >= 4 is 22.2 Å². The van der Waals surface area contributed by atoms with Crippen molar-refractivity contribution in [3.05, 3.63) is 35.2 Å². The number of fused-ring (bicyclic) bond motifs is 1. The minimum absolute atomic E-state index is 0.114. The van der Waals surface area contributed by atoms with Crippen molar-refractivity contribution in [3.8, 4) is 0 Å². The number of nitrogens with zero attached hydrogens (tertiary/aromatic N) is 4. The smallest absolute Gasteiger partial charge is 0.271 e. The van der Waals surface area contributed by atoms with Crippen LogP contribution in [-0.2, 0) is 11.3 Å². The Morgan fingerprint density at radius 1 is 1.50 bits per heavy atom. The molecule has 3 aromatic rings. The Bertz CT molecular complexity index is 773. The molecule has 22 heavy (non-hydrogen) atoms. The van der Waals surface area contributed by atoms with Gasteiger partial charge < -0.3 is 14.6 Å². The molecule has 1 amide bonds. The van der Waals surface area contributed by atoms with Crippen LogP contribution in [0.5, 0.6) is 0 Å². The number of rotatable bonds is 4. The number of thiazole rings is 1. The van der Waals surface area contributed by atoms with Crippen molar-refractivity contribution in [1.29, 1.82) is 0 Å². The van der Waals surface area contributed by atoms with Crippen LogP contribution in [0, 0.1) is 0 Å². The predicted molar refractivity (Wildman–Crippen MR) is 76.5 cm³/mol. The highest BCUT2D eigenvalue weighted by atomic mass is 32.1. The van der Waals surface area contributed by atoms with Crippen molar-refractivity contribution in [2.75, 3.05) is 6.61 Å². The van der Waals surface area contributed by atoms with Crippen LogP contribution in [-0.4, -0.2) is 32.0 Å². The zero-order chi connectivity index (χ0) is 14.9. The number of carbonyl (C=O) groups excluding carboxylic acids is 1. The fourth-order valence-corrected chi connectivity index (χ4v) is 3.03. The van der Waals surface area contributed by atoms with Gasteiger partial charge in [0.1, 0.15) is 11.8 Å². The topological polar surface area (TPSA) is 94.5 Å². The zero-order valence-corrected chi connectivity index (χ0v) is 12.4. The largest absolute Gasteiger partial charge is 0.368 e. The number of amides is 1. The van der Waals surface area contributed by atoms with Crippen molar-refractivity contribution in [1.82, 2.24) is 24.8 Å². The summed E-state index contributed by atoms with van der Waals surface area (Å²) in [6.07, 6.45) is 5.32. The van der Waals surface area contributed by atoms with Crippen molar-refractivity contribution in [2.24, 2.45) is 0 Å². The van der Waals surface area contributed by atoms with Crippen LogP contribution < -0.4 is 5.32 Å². The molecule has 0 bridgehead atoms. The molecule has 9 heteroatoms. The maximum Gasteiger partial charge on any atom is 0.271 e. The predicted octanol–water partition coefficient (Wildman–Crippen LogP) is 1.56. The van der Waals surface area contributed by atoms with Gasteiger partial charge in [0.2, 0.25) is 0 Å². The second-order valence-corrected chi connectivity index (χ2v) is 5.83. The van der Waals surface area contributed by atoms with Crippen LogP contribution in [0.2, 0.25) is 0 Å². The third-order valence-electron chi connectivity index (χ3n) is 3.42. The molecule has 4 heterocycles. The summed E-state index contributed by atoms with van der Waals surface area (Å²) in [7, 11) is 0. The molecule has 1 aliphatic rings. The first kappa shape index (κ1) is 13.4. The summed E-state index contributed by atoms with van der Waals surface area (Å²) < 4.78 is 12.5. The van der Waals surface area contributed by atoms with Gasteiger partial charge in [-0.1, -0.05) is 5.16 Å². The third kappa shape index (κ3) is 2.48. The van der Waals surface area contributed by atoms with E-state index in [0.29, 0.717) is 17.4 Å². The Balaban J connectivity index is 1.39.